The number of benzene rings is 3. The van der Waals surface area contributed by atoms with Gasteiger partial charge in [-0.25, -0.2) is 4.79 Å². The summed E-state index contributed by atoms with van der Waals surface area (Å²) >= 11 is 1.48. The maximum atomic E-state index is 13.9. The number of rotatable bonds is 18. The number of fused-ring (bicyclic) bond motifs is 1. The van der Waals surface area contributed by atoms with Crippen molar-refractivity contribution in [3.63, 3.8) is 0 Å². The van der Waals surface area contributed by atoms with Crippen molar-refractivity contribution in [3.8, 4) is 0 Å². The molecule has 6 rings (SSSR count). The first-order chi connectivity index (χ1) is 26.6. The minimum absolute atomic E-state index is 0.00949. The van der Waals surface area contributed by atoms with Crippen molar-refractivity contribution in [2.24, 2.45) is 0 Å². The molecule has 0 unspecified atom stereocenters. The molecule has 55 heavy (non-hydrogen) atoms. The van der Waals surface area contributed by atoms with Crippen LogP contribution in [0, 0.1) is 0 Å². The first-order valence-electron chi connectivity index (χ1n) is 19.1. The van der Waals surface area contributed by atoms with Crippen molar-refractivity contribution >= 4 is 51.7 Å². The second-order valence-corrected chi connectivity index (χ2v) is 15.4. The Hall–Kier alpha value is -5.33. The van der Waals surface area contributed by atoms with Crippen molar-refractivity contribution in [2.75, 3.05) is 30.3 Å². The highest BCUT2D eigenvalue weighted by Gasteiger charge is 2.30. The van der Waals surface area contributed by atoms with Crippen LogP contribution in [-0.2, 0) is 41.8 Å². The average Bonchev–Trinajstić information content (AvgIpc) is 3.97. The number of carboxylic acid groups (broad SMARTS) is 2. The average molecular weight is 765 g/mol. The molecule has 2 aliphatic rings. The number of carbonyl (C=O) groups is 5. The lowest BCUT2D eigenvalue weighted by Gasteiger charge is -2.27. The highest BCUT2D eigenvalue weighted by molar-refractivity contribution is 7.17. The minimum Gasteiger partial charge on any atom is -0.481 e. The third kappa shape index (κ3) is 10.7. The number of carbonyl (C=O) groups excluding carboxylic acids is 3. The summed E-state index contributed by atoms with van der Waals surface area (Å²) in [5, 5.41) is 24.8. The van der Waals surface area contributed by atoms with Crippen LogP contribution >= 0.6 is 11.3 Å². The number of likely N-dealkylation sites (N-methyl/N-ethyl adjacent to an activating group) is 1. The molecule has 11 nitrogen and oxygen atoms in total. The van der Waals surface area contributed by atoms with Crippen LogP contribution in [0.2, 0.25) is 0 Å². The Balaban J connectivity index is 1.09. The number of carboxylic acids is 2. The van der Waals surface area contributed by atoms with Crippen molar-refractivity contribution in [3.05, 3.63) is 117 Å². The third-order valence-corrected chi connectivity index (χ3v) is 11.5. The number of hydrogen-bond donors (Lipinski definition) is 4. The number of aliphatic carboxylic acids is 1. The molecule has 4 aromatic rings. The predicted molar refractivity (Wildman–Crippen MR) is 213 cm³/mol. The number of thiophene rings is 1. The van der Waals surface area contributed by atoms with Crippen molar-refractivity contribution in [1.29, 1.82) is 0 Å². The van der Waals surface area contributed by atoms with E-state index in [-0.39, 0.29) is 36.1 Å². The van der Waals surface area contributed by atoms with Gasteiger partial charge in [0.05, 0.1) is 17.5 Å². The smallest absolute Gasteiger partial charge is 0.335 e. The molecule has 3 aromatic carbocycles. The SMILES string of the molecule is CCN(CCN(Cc1cccc(C(=O)Nc2sc3c(c2C(=O)Nc2ccc(CCc4ccc(C(=O)O)cc4)cc2)CCCC3)c1)C1CC1)C(=O)CCC(=O)O. The van der Waals surface area contributed by atoms with E-state index in [0.717, 1.165) is 78.5 Å². The van der Waals surface area contributed by atoms with Crippen molar-refractivity contribution < 1.29 is 34.2 Å². The molecule has 12 heteroatoms. The zero-order valence-electron chi connectivity index (χ0n) is 31.1. The van der Waals surface area contributed by atoms with Gasteiger partial charge in [0.15, 0.2) is 0 Å². The summed E-state index contributed by atoms with van der Waals surface area (Å²) in [6.45, 7) is 4.19. The Labute approximate surface area is 325 Å². The number of aromatic carboxylic acids is 1. The maximum Gasteiger partial charge on any atom is 0.335 e. The van der Waals surface area contributed by atoms with Gasteiger partial charge in [0, 0.05) is 54.8 Å². The maximum absolute atomic E-state index is 13.9. The van der Waals surface area contributed by atoms with E-state index in [4.69, 9.17) is 10.2 Å². The van der Waals surface area contributed by atoms with Gasteiger partial charge in [-0.05, 0) is 117 Å². The van der Waals surface area contributed by atoms with Gasteiger partial charge in [-0.1, -0.05) is 36.4 Å². The molecular formula is C43H48N4O7S. The first kappa shape index (κ1) is 39.4. The Morgan fingerprint density at radius 2 is 1.45 bits per heavy atom. The van der Waals surface area contributed by atoms with Crippen LogP contribution in [0.3, 0.4) is 0 Å². The summed E-state index contributed by atoms with van der Waals surface area (Å²) in [5.41, 5.74) is 6.07. The van der Waals surface area contributed by atoms with Gasteiger partial charge in [-0.2, -0.15) is 0 Å². The molecular weight excluding hydrogens is 717 g/mol. The van der Waals surface area contributed by atoms with Crippen molar-refractivity contribution in [2.45, 2.75) is 83.7 Å². The van der Waals surface area contributed by atoms with Gasteiger partial charge in [0.2, 0.25) is 5.91 Å². The van der Waals surface area contributed by atoms with Crippen LogP contribution < -0.4 is 10.6 Å². The van der Waals surface area contributed by atoms with Crippen LogP contribution in [0.25, 0.3) is 0 Å². The number of anilines is 2. The molecule has 2 aliphatic carbocycles. The number of hydrogen-bond acceptors (Lipinski definition) is 7. The van der Waals surface area contributed by atoms with Gasteiger partial charge in [0.1, 0.15) is 5.00 Å². The van der Waals surface area contributed by atoms with Crippen LogP contribution in [0.15, 0.2) is 72.8 Å². The Bertz CT molecular complexity index is 2020. The Morgan fingerprint density at radius 3 is 2.11 bits per heavy atom. The van der Waals surface area contributed by atoms with Crippen molar-refractivity contribution in [1.82, 2.24) is 9.80 Å². The second kappa shape index (κ2) is 18.3. The fraction of sp³-hybridized carbons (Fsp3) is 0.372. The predicted octanol–water partition coefficient (Wildman–Crippen LogP) is 7.29. The zero-order chi connectivity index (χ0) is 38.9. The number of amides is 3. The highest BCUT2D eigenvalue weighted by Crippen LogP contribution is 2.39. The molecule has 1 fully saturated rings. The molecule has 1 heterocycles. The number of aryl methyl sites for hydroxylation is 3. The lowest BCUT2D eigenvalue weighted by Crippen LogP contribution is -2.39. The summed E-state index contributed by atoms with van der Waals surface area (Å²) in [6, 6.07) is 22.5. The number of nitrogens with zero attached hydrogens (tertiary/aromatic N) is 2. The summed E-state index contributed by atoms with van der Waals surface area (Å²) in [7, 11) is 0. The van der Waals surface area contributed by atoms with E-state index in [1.54, 1.807) is 23.1 Å². The standard InChI is InChI=1S/C43H48N4O7S/c1-2-46(37(48)22-23-38(49)50)24-25-47(34-20-21-34)27-30-6-5-7-32(26-30)40(51)45-42-39(35-8-3-4-9-36(35)55-42)41(52)44-33-18-14-29(15-19-33)11-10-28-12-16-31(17-13-28)43(53)54/h5-7,12-19,26,34H,2-4,8-11,20-25,27H2,1H3,(H,44,52)(H,45,51)(H,49,50)(H,53,54). The summed E-state index contributed by atoms with van der Waals surface area (Å²) in [6.07, 6.45) is 7.16. The normalized spacial score (nSPS) is 13.6. The van der Waals surface area contributed by atoms with Crippen LogP contribution in [-0.4, -0.2) is 75.3 Å². The molecule has 1 aromatic heterocycles. The topological polar surface area (TPSA) is 156 Å². The van der Waals surface area contributed by atoms with E-state index < -0.39 is 11.9 Å². The molecule has 0 spiro atoms. The second-order valence-electron chi connectivity index (χ2n) is 14.3. The van der Waals surface area contributed by atoms with E-state index in [9.17, 15) is 24.0 Å². The summed E-state index contributed by atoms with van der Waals surface area (Å²) in [5.74, 6) is -2.61. The fourth-order valence-electron chi connectivity index (χ4n) is 7.08. The summed E-state index contributed by atoms with van der Waals surface area (Å²) < 4.78 is 0. The molecule has 3 amide bonds. The van der Waals surface area contributed by atoms with E-state index in [1.165, 1.54) is 11.3 Å². The molecule has 0 atom stereocenters. The number of nitrogens with one attached hydrogen (secondary N) is 2. The highest BCUT2D eigenvalue weighted by atomic mass is 32.1. The van der Waals surface area contributed by atoms with Crippen LogP contribution in [0.4, 0.5) is 10.7 Å². The van der Waals surface area contributed by atoms with Gasteiger partial charge in [0.25, 0.3) is 11.8 Å². The third-order valence-electron chi connectivity index (χ3n) is 10.3. The van der Waals surface area contributed by atoms with Crippen LogP contribution in [0.1, 0.15) is 104 Å². The van der Waals surface area contributed by atoms with E-state index in [1.807, 2.05) is 61.5 Å². The van der Waals surface area contributed by atoms with E-state index in [0.29, 0.717) is 54.0 Å². The largest absolute Gasteiger partial charge is 0.481 e. The molecule has 0 radical (unpaired) electrons. The van der Waals surface area contributed by atoms with Gasteiger partial charge >= 0.3 is 11.9 Å². The molecule has 0 bridgehead atoms. The van der Waals surface area contributed by atoms with Crippen LogP contribution in [0.5, 0.6) is 0 Å². The molecule has 288 valence electrons. The van der Waals surface area contributed by atoms with Gasteiger partial charge in [-0.15, -0.1) is 11.3 Å². The lowest BCUT2D eigenvalue weighted by molar-refractivity contribution is -0.140. The quantitative estimate of drug-likeness (QED) is 0.0823. The molecule has 4 N–H and O–H groups in total. The van der Waals surface area contributed by atoms with E-state index in [2.05, 4.69) is 15.5 Å². The molecule has 0 saturated heterocycles. The molecule has 0 aliphatic heterocycles. The van der Waals surface area contributed by atoms with Gasteiger partial charge in [-0.3, -0.25) is 24.1 Å². The fourth-order valence-corrected chi connectivity index (χ4v) is 8.36. The van der Waals surface area contributed by atoms with Gasteiger partial charge < -0.3 is 25.7 Å². The Morgan fingerprint density at radius 1 is 0.764 bits per heavy atom. The monoisotopic (exact) mass is 764 g/mol. The Kier molecular flexibility index (Phi) is 13.1. The zero-order valence-corrected chi connectivity index (χ0v) is 32.0. The lowest BCUT2D eigenvalue weighted by atomic mass is 9.95. The van der Waals surface area contributed by atoms with E-state index >= 15 is 0 Å². The first-order valence-corrected chi connectivity index (χ1v) is 19.9. The molecule has 1 saturated carbocycles. The summed E-state index contributed by atoms with van der Waals surface area (Å²) in [4.78, 5) is 67.5. The minimum atomic E-state index is -0.981.